The number of carbonyl (C=O) groups is 1. The fourth-order valence-electron chi connectivity index (χ4n) is 6.74. The Morgan fingerprint density at radius 1 is 0.481 bits per heavy atom. The van der Waals surface area contributed by atoms with Crippen molar-refractivity contribution in [3.8, 4) is 44.9 Å². The summed E-state index contributed by atoms with van der Waals surface area (Å²) in [6.07, 6.45) is 13.4. The molecule has 9 nitrogen and oxygen atoms in total. The van der Waals surface area contributed by atoms with E-state index < -0.39 is 5.97 Å². The summed E-state index contributed by atoms with van der Waals surface area (Å²) in [6.45, 7) is 0. The lowest BCUT2D eigenvalue weighted by Gasteiger charge is -2.07. The average Bonchev–Trinajstić information content (AvgIpc) is 4.04. The Morgan fingerprint density at radius 3 is 1.23 bits per heavy atom. The van der Waals surface area contributed by atoms with Gasteiger partial charge in [-0.3, -0.25) is 15.0 Å². The number of hydrogen-bond acceptors (Lipinski definition) is 7. The summed E-state index contributed by atoms with van der Waals surface area (Å²) in [6, 6.07) is 33.2. The molecule has 248 valence electrons. The van der Waals surface area contributed by atoms with Crippen LogP contribution in [-0.2, 0) is 4.74 Å². The zero-order valence-electron chi connectivity index (χ0n) is 27.9. The summed E-state index contributed by atoms with van der Waals surface area (Å²) in [5, 5.41) is 0. The molecule has 0 aliphatic carbocycles. The minimum absolute atomic E-state index is 0.398. The van der Waals surface area contributed by atoms with Gasteiger partial charge in [-0.25, -0.2) is 14.8 Å². The largest absolute Gasteiger partial charge is 0.465 e. The Morgan fingerprint density at radius 2 is 0.865 bits per heavy atom. The zero-order chi connectivity index (χ0) is 35.0. The van der Waals surface area contributed by atoms with Crippen LogP contribution in [0.1, 0.15) is 33.1 Å². The van der Waals surface area contributed by atoms with Crippen LogP contribution < -0.4 is 0 Å². The normalized spacial score (nSPS) is 11.9. The van der Waals surface area contributed by atoms with E-state index in [9.17, 15) is 4.79 Å². The highest BCUT2D eigenvalue weighted by Gasteiger charge is 2.20. The van der Waals surface area contributed by atoms with Crippen LogP contribution >= 0.6 is 0 Å². The molecule has 0 spiro atoms. The Kier molecular flexibility index (Phi) is 7.63. The Hall–Kier alpha value is -7.26. The zero-order valence-corrected chi connectivity index (χ0v) is 27.9. The van der Waals surface area contributed by atoms with Crippen molar-refractivity contribution >= 4 is 52.3 Å². The topological polar surface area (TPSA) is 122 Å². The minimum Gasteiger partial charge on any atom is -0.465 e. The van der Waals surface area contributed by atoms with E-state index in [4.69, 9.17) is 29.7 Å². The van der Waals surface area contributed by atoms with Crippen molar-refractivity contribution in [3.05, 3.63) is 150 Å². The van der Waals surface area contributed by atoms with Gasteiger partial charge in [-0.15, -0.1) is 0 Å². The highest BCUT2D eigenvalue weighted by atomic mass is 16.5. The smallest absolute Gasteiger partial charge is 0.337 e. The number of aromatic amines is 2. The predicted molar refractivity (Wildman–Crippen MR) is 205 cm³/mol. The first-order valence-electron chi connectivity index (χ1n) is 16.7. The first-order valence-corrected chi connectivity index (χ1v) is 16.7. The number of aromatic nitrogens is 7. The number of nitrogens with one attached hydrogen (secondary N) is 2. The lowest BCUT2D eigenvalue weighted by Crippen LogP contribution is -2.00. The van der Waals surface area contributed by atoms with E-state index in [2.05, 4.69) is 22.1 Å². The first-order chi connectivity index (χ1) is 25.6. The summed E-state index contributed by atoms with van der Waals surface area (Å²) in [4.78, 5) is 44.5. The van der Waals surface area contributed by atoms with Crippen molar-refractivity contribution in [2.75, 3.05) is 7.11 Å². The highest BCUT2D eigenvalue weighted by Crippen LogP contribution is 2.37. The van der Waals surface area contributed by atoms with Gasteiger partial charge in [0.05, 0.1) is 69.1 Å². The number of carbonyl (C=O) groups excluding carboxylic acids is 1. The first kappa shape index (κ1) is 30.8. The van der Waals surface area contributed by atoms with Gasteiger partial charge in [0.2, 0.25) is 0 Å². The molecule has 2 aliphatic heterocycles. The van der Waals surface area contributed by atoms with Crippen LogP contribution in [0.2, 0.25) is 0 Å². The molecule has 52 heavy (non-hydrogen) atoms. The molecular weight excluding hydrogens is 647 g/mol. The Balaban J connectivity index is 1.45. The lowest BCUT2D eigenvalue weighted by molar-refractivity contribution is 0.0600. The van der Waals surface area contributed by atoms with Gasteiger partial charge in [0.1, 0.15) is 0 Å². The number of H-pyrrole nitrogens is 2. The molecule has 9 rings (SSSR count). The molecule has 7 aromatic rings. The molecule has 0 amide bonds. The molecule has 2 aliphatic rings. The van der Waals surface area contributed by atoms with E-state index >= 15 is 0 Å². The van der Waals surface area contributed by atoms with E-state index in [0.717, 1.165) is 89.7 Å². The Labute approximate surface area is 298 Å². The van der Waals surface area contributed by atoms with Crippen molar-refractivity contribution < 1.29 is 9.53 Å². The summed E-state index contributed by atoms with van der Waals surface area (Å²) in [7, 11) is 1.38. The molecule has 0 atom stereocenters. The Bertz CT molecular complexity index is 2680. The second kappa shape index (κ2) is 12.9. The minimum atomic E-state index is -0.398. The number of benzene rings is 1. The standard InChI is InChI=1S/C43H29N7O2/c1-52-43(51)27-13-11-26(12-14-27)39-31-15-17-33(47-31)40(28-8-2-5-23-44-28)35-19-21-37(49-35)42(30-10-4-7-25-46-30)38-22-20-36(50-38)41(29-9-3-6-24-45-29)34-18-16-32(39)48-34/h2-25,47,50H,1H3. The molecule has 8 heterocycles. The van der Waals surface area contributed by atoms with Crippen molar-refractivity contribution in [1.82, 2.24) is 34.9 Å². The van der Waals surface area contributed by atoms with Crippen LogP contribution in [0.3, 0.4) is 0 Å². The quantitative estimate of drug-likeness (QED) is 0.174. The van der Waals surface area contributed by atoms with Gasteiger partial charge in [0.15, 0.2) is 0 Å². The highest BCUT2D eigenvalue weighted by molar-refractivity contribution is 5.99. The number of rotatable bonds is 5. The second-order valence-electron chi connectivity index (χ2n) is 12.2. The van der Waals surface area contributed by atoms with Crippen molar-refractivity contribution in [2.24, 2.45) is 0 Å². The number of ether oxygens (including phenoxy) is 1. The molecule has 0 radical (unpaired) electrons. The van der Waals surface area contributed by atoms with E-state index in [0.29, 0.717) is 5.56 Å². The van der Waals surface area contributed by atoms with Gasteiger partial charge in [-0.05, 0) is 103 Å². The van der Waals surface area contributed by atoms with Crippen LogP contribution in [0.15, 0.2) is 122 Å². The summed E-state index contributed by atoms with van der Waals surface area (Å²) in [5.74, 6) is -0.398. The SMILES string of the molecule is COC(=O)c1ccc(-c2c3nc(c(-c4ccccn4)c4ccc([nH]4)c(-c4ccccn4)c4nc(c(-c5ccccn5)c5ccc2[nH]5)C=C4)C=C3)cc1. The molecule has 0 saturated carbocycles. The van der Waals surface area contributed by atoms with Gasteiger partial charge in [0, 0.05) is 46.4 Å². The van der Waals surface area contributed by atoms with Gasteiger partial charge in [-0.2, -0.15) is 0 Å². The van der Waals surface area contributed by atoms with Crippen LogP contribution in [0.4, 0.5) is 0 Å². The number of fused-ring (bicyclic) bond motifs is 8. The molecule has 9 heteroatoms. The molecule has 0 saturated heterocycles. The monoisotopic (exact) mass is 675 g/mol. The third kappa shape index (κ3) is 5.46. The molecule has 2 N–H and O–H groups in total. The van der Waals surface area contributed by atoms with Crippen molar-refractivity contribution in [3.63, 3.8) is 0 Å². The van der Waals surface area contributed by atoms with E-state index in [1.165, 1.54) is 7.11 Å². The fourth-order valence-corrected chi connectivity index (χ4v) is 6.74. The number of hydrogen-bond donors (Lipinski definition) is 2. The summed E-state index contributed by atoms with van der Waals surface area (Å²) < 4.78 is 4.97. The van der Waals surface area contributed by atoms with E-state index in [-0.39, 0.29) is 0 Å². The third-order valence-electron chi connectivity index (χ3n) is 9.11. The number of methoxy groups -OCH3 is 1. The maximum absolute atomic E-state index is 12.3. The average molecular weight is 676 g/mol. The maximum Gasteiger partial charge on any atom is 0.337 e. The van der Waals surface area contributed by atoms with Crippen LogP contribution in [0.25, 0.3) is 91.3 Å². The van der Waals surface area contributed by atoms with E-state index in [1.54, 1.807) is 30.7 Å². The number of nitrogens with zero attached hydrogens (tertiary/aromatic N) is 5. The third-order valence-corrected chi connectivity index (χ3v) is 9.11. The lowest BCUT2D eigenvalue weighted by atomic mass is 10.0. The van der Waals surface area contributed by atoms with Crippen LogP contribution in [0, 0.1) is 0 Å². The molecule has 0 fully saturated rings. The molecule has 8 bridgehead atoms. The number of esters is 1. The molecular formula is C43H29N7O2. The van der Waals surface area contributed by atoms with Crippen molar-refractivity contribution in [2.45, 2.75) is 0 Å². The van der Waals surface area contributed by atoms with E-state index in [1.807, 2.05) is 103 Å². The van der Waals surface area contributed by atoms with Crippen LogP contribution in [-0.4, -0.2) is 48.0 Å². The van der Waals surface area contributed by atoms with Gasteiger partial charge in [-0.1, -0.05) is 30.3 Å². The van der Waals surface area contributed by atoms with Crippen molar-refractivity contribution in [1.29, 1.82) is 0 Å². The van der Waals surface area contributed by atoms with Crippen LogP contribution in [0.5, 0.6) is 0 Å². The maximum atomic E-state index is 12.3. The summed E-state index contributed by atoms with van der Waals surface area (Å²) >= 11 is 0. The number of pyridine rings is 3. The summed E-state index contributed by atoms with van der Waals surface area (Å²) in [5.41, 5.74) is 13.5. The van der Waals surface area contributed by atoms with Gasteiger partial charge >= 0.3 is 5.97 Å². The van der Waals surface area contributed by atoms with Gasteiger partial charge < -0.3 is 14.7 Å². The molecule has 6 aromatic heterocycles. The predicted octanol–water partition coefficient (Wildman–Crippen LogP) is 9.30. The molecule has 1 aromatic carbocycles. The van der Waals surface area contributed by atoms with Gasteiger partial charge in [0.25, 0.3) is 0 Å². The fraction of sp³-hybridized carbons (Fsp3) is 0.0233. The molecule has 0 unspecified atom stereocenters. The second-order valence-corrected chi connectivity index (χ2v) is 12.2.